The molecule has 0 bridgehead atoms. The van der Waals surface area contributed by atoms with Gasteiger partial charge < -0.3 is 4.74 Å². The number of allylic oxidation sites excluding steroid dienone is 1. The van der Waals surface area contributed by atoms with Crippen molar-refractivity contribution in [1.82, 2.24) is 0 Å². The van der Waals surface area contributed by atoms with Crippen molar-refractivity contribution in [3.05, 3.63) is 77.6 Å². The fourth-order valence-corrected chi connectivity index (χ4v) is 5.21. The van der Waals surface area contributed by atoms with Gasteiger partial charge in [-0.1, -0.05) is 24.0 Å². The lowest BCUT2D eigenvalue weighted by Crippen LogP contribution is -2.30. The van der Waals surface area contributed by atoms with Crippen LogP contribution in [-0.4, -0.2) is 6.36 Å². The highest BCUT2D eigenvalue weighted by Gasteiger charge is 2.35. The third-order valence-corrected chi connectivity index (χ3v) is 6.88. The van der Waals surface area contributed by atoms with Crippen LogP contribution < -0.4 is 4.74 Å². The molecule has 2 aromatic rings. The summed E-state index contributed by atoms with van der Waals surface area (Å²) in [6, 6.07) is 10.5. The predicted octanol–water partition coefficient (Wildman–Crippen LogP) is 7.61. The highest BCUT2D eigenvalue weighted by Crippen LogP contribution is 2.47. The molecule has 0 saturated heterocycles. The molecule has 5 heteroatoms. The van der Waals surface area contributed by atoms with Crippen LogP contribution in [0, 0.1) is 35.4 Å². The first-order valence-electron chi connectivity index (χ1n) is 11.1. The topological polar surface area (TPSA) is 9.23 Å². The predicted molar refractivity (Wildman–Crippen MR) is 117 cm³/mol. The minimum absolute atomic E-state index is 0.282. The number of halogens is 4. The minimum Gasteiger partial charge on any atom is -0.406 e. The van der Waals surface area contributed by atoms with E-state index in [4.69, 9.17) is 0 Å². The van der Waals surface area contributed by atoms with E-state index in [9.17, 15) is 17.6 Å². The molecule has 0 heterocycles. The van der Waals surface area contributed by atoms with E-state index in [1.165, 1.54) is 49.9 Å². The molecule has 0 N–H and O–H groups in total. The summed E-state index contributed by atoms with van der Waals surface area (Å²) >= 11 is 0. The number of benzene rings is 2. The van der Waals surface area contributed by atoms with Crippen LogP contribution in [0.4, 0.5) is 17.6 Å². The molecule has 0 spiro atoms. The molecule has 0 amide bonds. The first-order chi connectivity index (χ1) is 15.3. The van der Waals surface area contributed by atoms with Gasteiger partial charge in [0.15, 0.2) is 0 Å². The van der Waals surface area contributed by atoms with Crippen molar-refractivity contribution in [2.24, 2.45) is 17.8 Å². The summed E-state index contributed by atoms with van der Waals surface area (Å²) in [6.45, 7) is 3.95. The second-order valence-corrected chi connectivity index (χ2v) is 8.90. The van der Waals surface area contributed by atoms with E-state index >= 15 is 0 Å². The van der Waals surface area contributed by atoms with Gasteiger partial charge in [-0.15, -0.1) is 19.8 Å². The van der Waals surface area contributed by atoms with E-state index in [1.54, 1.807) is 12.1 Å². The van der Waals surface area contributed by atoms with Crippen molar-refractivity contribution in [2.45, 2.75) is 50.8 Å². The SMILES string of the molecule is C=CC1CCC2CC(c3ccc(C#Cc4ccc(OC(F)(F)F)cc4)c(F)c3)CCC2C1. The summed E-state index contributed by atoms with van der Waals surface area (Å²) in [5.41, 5.74) is 1.80. The molecule has 0 aromatic heterocycles. The van der Waals surface area contributed by atoms with E-state index in [2.05, 4.69) is 29.2 Å². The van der Waals surface area contributed by atoms with Gasteiger partial charge in [-0.2, -0.15) is 0 Å². The Kier molecular flexibility index (Phi) is 6.60. The normalized spacial score (nSPS) is 25.2. The molecule has 2 fully saturated rings. The van der Waals surface area contributed by atoms with Gasteiger partial charge in [-0.05, 0) is 104 Å². The van der Waals surface area contributed by atoms with Gasteiger partial charge in [0, 0.05) is 5.56 Å². The van der Waals surface area contributed by atoms with E-state index in [0.717, 1.165) is 30.2 Å². The Morgan fingerprint density at radius 3 is 2.31 bits per heavy atom. The van der Waals surface area contributed by atoms with Crippen molar-refractivity contribution in [3.63, 3.8) is 0 Å². The molecule has 2 aliphatic carbocycles. The Balaban J connectivity index is 1.41. The van der Waals surface area contributed by atoms with Crippen LogP contribution in [0.15, 0.2) is 55.1 Å². The highest BCUT2D eigenvalue weighted by atomic mass is 19.4. The number of fused-ring (bicyclic) bond motifs is 1. The van der Waals surface area contributed by atoms with Crippen molar-refractivity contribution < 1.29 is 22.3 Å². The summed E-state index contributed by atoms with van der Waals surface area (Å²) in [4.78, 5) is 0. The van der Waals surface area contributed by atoms with Crippen LogP contribution in [-0.2, 0) is 0 Å². The fraction of sp³-hybridized carbons (Fsp3) is 0.407. The number of ether oxygens (including phenoxy) is 1. The zero-order valence-electron chi connectivity index (χ0n) is 17.8. The Hall–Kier alpha value is -2.74. The average molecular weight is 442 g/mol. The molecular formula is C27H26F4O. The smallest absolute Gasteiger partial charge is 0.406 e. The lowest BCUT2D eigenvalue weighted by atomic mass is 9.64. The Labute approximate surface area is 186 Å². The maximum atomic E-state index is 14.7. The second-order valence-electron chi connectivity index (χ2n) is 8.90. The molecule has 2 aromatic carbocycles. The molecule has 4 unspecified atom stereocenters. The molecule has 2 aliphatic rings. The van der Waals surface area contributed by atoms with Gasteiger partial charge in [-0.25, -0.2) is 4.39 Å². The van der Waals surface area contributed by atoms with Crippen LogP contribution >= 0.6 is 0 Å². The fourth-order valence-electron chi connectivity index (χ4n) is 5.21. The van der Waals surface area contributed by atoms with Crippen molar-refractivity contribution in [1.29, 1.82) is 0 Å². The van der Waals surface area contributed by atoms with E-state index in [1.807, 2.05) is 6.07 Å². The van der Waals surface area contributed by atoms with Gasteiger partial charge in [0.1, 0.15) is 11.6 Å². The van der Waals surface area contributed by atoms with Gasteiger partial charge >= 0.3 is 6.36 Å². The third kappa shape index (κ3) is 5.54. The molecule has 0 radical (unpaired) electrons. The monoisotopic (exact) mass is 442 g/mol. The van der Waals surface area contributed by atoms with Crippen molar-refractivity contribution in [2.75, 3.05) is 0 Å². The van der Waals surface area contributed by atoms with Crippen LogP contribution in [0.5, 0.6) is 5.75 Å². The lowest BCUT2D eigenvalue weighted by Gasteiger charge is -2.41. The van der Waals surface area contributed by atoms with Crippen LogP contribution in [0.25, 0.3) is 0 Å². The zero-order valence-corrected chi connectivity index (χ0v) is 17.8. The number of rotatable bonds is 3. The summed E-state index contributed by atoms with van der Waals surface area (Å²) < 4.78 is 55.3. The molecule has 0 aliphatic heterocycles. The Morgan fingerprint density at radius 1 is 0.906 bits per heavy atom. The van der Waals surface area contributed by atoms with Crippen molar-refractivity contribution in [3.8, 4) is 17.6 Å². The molecular weight excluding hydrogens is 416 g/mol. The largest absolute Gasteiger partial charge is 0.573 e. The zero-order chi connectivity index (χ0) is 22.7. The number of hydrogen-bond donors (Lipinski definition) is 0. The highest BCUT2D eigenvalue weighted by molar-refractivity contribution is 5.45. The first kappa shape index (κ1) is 22.5. The van der Waals surface area contributed by atoms with E-state index < -0.39 is 6.36 Å². The van der Waals surface area contributed by atoms with Crippen LogP contribution in [0.2, 0.25) is 0 Å². The third-order valence-electron chi connectivity index (χ3n) is 6.88. The molecule has 1 nitrogen and oxygen atoms in total. The number of hydrogen-bond acceptors (Lipinski definition) is 1. The molecule has 4 atom stereocenters. The molecule has 2 saturated carbocycles. The van der Waals surface area contributed by atoms with Gasteiger partial charge in [-0.3, -0.25) is 0 Å². The summed E-state index contributed by atoms with van der Waals surface area (Å²) in [5.74, 6) is 7.44. The van der Waals surface area contributed by atoms with Gasteiger partial charge in [0.05, 0.1) is 5.56 Å². The van der Waals surface area contributed by atoms with Gasteiger partial charge in [0.25, 0.3) is 0 Å². The number of alkyl halides is 3. The summed E-state index contributed by atoms with van der Waals surface area (Å²) in [6.07, 6.45) is 4.45. The average Bonchev–Trinajstić information content (AvgIpc) is 2.77. The Bertz CT molecular complexity index is 1010. The molecule has 4 rings (SSSR count). The van der Waals surface area contributed by atoms with E-state index in [-0.39, 0.29) is 17.1 Å². The van der Waals surface area contributed by atoms with Crippen LogP contribution in [0.3, 0.4) is 0 Å². The Morgan fingerprint density at radius 2 is 1.62 bits per heavy atom. The molecule has 168 valence electrons. The van der Waals surface area contributed by atoms with Crippen LogP contribution in [0.1, 0.15) is 61.1 Å². The lowest BCUT2D eigenvalue weighted by molar-refractivity contribution is -0.274. The second kappa shape index (κ2) is 9.40. The summed E-state index contributed by atoms with van der Waals surface area (Å²) in [7, 11) is 0. The van der Waals surface area contributed by atoms with E-state index in [0.29, 0.717) is 17.4 Å². The van der Waals surface area contributed by atoms with Gasteiger partial charge in [0.2, 0.25) is 0 Å². The maximum absolute atomic E-state index is 14.7. The quantitative estimate of drug-likeness (QED) is 0.270. The summed E-state index contributed by atoms with van der Waals surface area (Å²) in [5, 5.41) is 0. The standard InChI is InChI=1S/C27H26F4O/c1-2-18-3-8-22-16-23(12-11-21(22)15-18)24-10-9-20(26(28)17-24)7-4-19-5-13-25(14-6-19)32-27(29,30)31/h2,5-6,9-10,13-14,17-18,21-23H,1,3,8,11-12,15-16H2. The minimum atomic E-state index is -4.73. The maximum Gasteiger partial charge on any atom is 0.573 e. The molecule has 32 heavy (non-hydrogen) atoms. The first-order valence-corrected chi connectivity index (χ1v) is 11.1. The van der Waals surface area contributed by atoms with Crippen molar-refractivity contribution >= 4 is 0 Å².